The fourth-order valence-corrected chi connectivity index (χ4v) is 4.07. The Bertz CT molecular complexity index is 754. The summed E-state index contributed by atoms with van der Waals surface area (Å²) < 4.78 is 25.3. The first kappa shape index (κ1) is 19.5. The molecule has 27 heavy (non-hydrogen) atoms. The summed E-state index contributed by atoms with van der Waals surface area (Å²) in [5, 5.41) is 8.71. The van der Waals surface area contributed by atoms with E-state index in [9.17, 15) is 23.2 Å². The van der Waals surface area contributed by atoms with Gasteiger partial charge in [-0.1, -0.05) is 37.3 Å². The molecule has 1 saturated heterocycles. The zero-order chi connectivity index (χ0) is 19.7. The van der Waals surface area contributed by atoms with Crippen LogP contribution in [0.4, 0.5) is 13.9 Å². The molecule has 1 aliphatic heterocycles. The average Bonchev–Trinajstić information content (AvgIpc) is 3.17. The number of carbonyl (C=O) groups excluding carboxylic acids is 3. The first-order valence-electron chi connectivity index (χ1n) is 8.74. The van der Waals surface area contributed by atoms with E-state index in [2.05, 4.69) is 15.5 Å². The van der Waals surface area contributed by atoms with E-state index < -0.39 is 35.2 Å². The summed E-state index contributed by atoms with van der Waals surface area (Å²) in [5.74, 6) is -2.14. The van der Waals surface area contributed by atoms with Gasteiger partial charge in [0.15, 0.2) is 5.01 Å². The van der Waals surface area contributed by atoms with Crippen molar-refractivity contribution in [2.75, 3.05) is 5.32 Å². The molecule has 0 spiro atoms. The van der Waals surface area contributed by atoms with E-state index in [1.807, 2.05) is 26.0 Å². The number of alkyl halides is 2. The van der Waals surface area contributed by atoms with E-state index in [4.69, 9.17) is 0 Å². The monoisotopic (exact) mass is 398 g/mol. The van der Waals surface area contributed by atoms with Crippen molar-refractivity contribution >= 4 is 34.2 Å². The van der Waals surface area contributed by atoms with Crippen molar-refractivity contribution in [2.24, 2.45) is 17.8 Å². The molecule has 2 aliphatic rings. The van der Waals surface area contributed by atoms with Gasteiger partial charge in [-0.2, -0.15) is 0 Å². The molecular formula is C17H20F2N4O3S. The summed E-state index contributed by atoms with van der Waals surface area (Å²) in [5.41, 5.74) is 0. The van der Waals surface area contributed by atoms with Crippen molar-refractivity contribution < 1.29 is 23.2 Å². The van der Waals surface area contributed by atoms with Gasteiger partial charge >= 0.3 is 0 Å². The highest BCUT2D eigenvalue weighted by atomic mass is 32.1. The summed E-state index contributed by atoms with van der Waals surface area (Å²) in [4.78, 5) is 39.4. The molecule has 0 radical (unpaired) electrons. The van der Waals surface area contributed by atoms with Gasteiger partial charge in [-0.05, 0) is 25.2 Å². The largest absolute Gasteiger partial charge is 0.299 e. The maximum atomic E-state index is 12.8. The number of rotatable bonds is 6. The third-order valence-electron chi connectivity index (χ3n) is 4.71. The van der Waals surface area contributed by atoms with Crippen LogP contribution in [0.5, 0.6) is 0 Å². The molecule has 0 aromatic carbocycles. The normalized spacial score (nSPS) is 23.3. The molecule has 1 aromatic rings. The Kier molecular flexibility index (Phi) is 5.64. The molecular weight excluding hydrogens is 378 g/mol. The topological polar surface area (TPSA) is 92.3 Å². The van der Waals surface area contributed by atoms with Crippen LogP contribution in [0.1, 0.15) is 44.5 Å². The lowest BCUT2D eigenvalue weighted by Crippen LogP contribution is -2.48. The van der Waals surface area contributed by atoms with E-state index in [-0.39, 0.29) is 29.3 Å². The zero-order valence-corrected chi connectivity index (χ0v) is 15.7. The van der Waals surface area contributed by atoms with Crippen LogP contribution in [0.15, 0.2) is 12.2 Å². The number of halogens is 2. The number of hydrogen-bond acceptors (Lipinski definition) is 6. The Morgan fingerprint density at radius 3 is 2.30 bits per heavy atom. The maximum absolute atomic E-state index is 12.8. The van der Waals surface area contributed by atoms with Crippen LogP contribution in [0.3, 0.4) is 0 Å². The number of anilines is 1. The molecule has 3 rings (SSSR count). The fraction of sp³-hybridized carbons (Fsp3) is 0.588. The van der Waals surface area contributed by atoms with Crippen LogP contribution < -0.4 is 5.32 Å². The quantitative estimate of drug-likeness (QED) is 0.588. The van der Waals surface area contributed by atoms with Crippen molar-refractivity contribution in [1.29, 1.82) is 0 Å². The van der Waals surface area contributed by atoms with Crippen LogP contribution >= 0.6 is 11.3 Å². The van der Waals surface area contributed by atoms with Gasteiger partial charge in [0.05, 0.1) is 11.8 Å². The first-order chi connectivity index (χ1) is 12.8. The van der Waals surface area contributed by atoms with Gasteiger partial charge < -0.3 is 0 Å². The highest BCUT2D eigenvalue weighted by molar-refractivity contribution is 7.15. The second kappa shape index (κ2) is 7.79. The van der Waals surface area contributed by atoms with Crippen LogP contribution in [0, 0.1) is 17.8 Å². The minimum absolute atomic E-state index is 0.0353. The molecule has 146 valence electrons. The number of nitrogens with one attached hydrogen (secondary N) is 1. The molecule has 0 saturated carbocycles. The van der Waals surface area contributed by atoms with Gasteiger partial charge in [-0.3, -0.25) is 24.6 Å². The molecule has 10 heteroatoms. The number of likely N-dealkylation sites (tertiary alicyclic amines) is 1. The molecule has 1 N–H and O–H groups in total. The number of carbonyl (C=O) groups is 3. The minimum Gasteiger partial charge on any atom is -0.299 e. The van der Waals surface area contributed by atoms with Crippen LogP contribution in [0.25, 0.3) is 0 Å². The number of imide groups is 1. The molecule has 2 heterocycles. The number of allylic oxidation sites excluding steroid dienone is 2. The standard InChI is InChI=1S/C17H20F2N4O3S/c1-8(2)7-11(13(24)20-17-22-21-14(27-17)12(18)19)23-15(25)9-5-3-4-6-10(9)16(23)26/h3-4,8-12H,5-7H2,1-2H3,(H,20,22,24). The maximum Gasteiger partial charge on any atom is 0.291 e. The number of aromatic nitrogens is 2. The lowest BCUT2D eigenvalue weighted by atomic mass is 9.85. The summed E-state index contributed by atoms with van der Waals surface area (Å²) in [6.07, 6.45) is 2.21. The molecule has 1 fully saturated rings. The predicted molar refractivity (Wildman–Crippen MR) is 93.9 cm³/mol. The lowest BCUT2D eigenvalue weighted by molar-refractivity contribution is -0.147. The van der Waals surface area contributed by atoms with Crippen LogP contribution in [0.2, 0.25) is 0 Å². The van der Waals surface area contributed by atoms with E-state index in [1.54, 1.807) is 0 Å². The number of hydrogen-bond donors (Lipinski definition) is 1. The van der Waals surface area contributed by atoms with E-state index in [0.29, 0.717) is 24.2 Å². The van der Waals surface area contributed by atoms with Gasteiger partial charge in [0.2, 0.25) is 22.9 Å². The summed E-state index contributed by atoms with van der Waals surface area (Å²) in [6, 6.07) is -1.01. The van der Waals surface area contributed by atoms with Gasteiger partial charge in [0, 0.05) is 0 Å². The predicted octanol–water partition coefficient (Wildman–Crippen LogP) is 2.78. The summed E-state index contributed by atoms with van der Waals surface area (Å²) in [7, 11) is 0. The molecule has 3 unspecified atom stereocenters. The highest BCUT2D eigenvalue weighted by Crippen LogP contribution is 2.37. The van der Waals surface area contributed by atoms with Crippen LogP contribution in [-0.4, -0.2) is 38.9 Å². The zero-order valence-electron chi connectivity index (χ0n) is 14.9. The van der Waals surface area contributed by atoms with Gasteiger partial charge in [0.25, 0.3) is 6.43 Å². The smallest absolute Gasteiger partial charge is 0.291 e. The summed E-state index contributed by atoms with van der Waals surface area (Å²) in [6.45, 7) is 3.75. The Morgan fingerprint density at radius 1 is 1.22 bits per heavy atom. The molecule has 3 amide bonds. The Balaban J connectivity index is 1.81. The van der Waals surface area contributed by atoms with Crippen molar-refractivity contribution in [2.45, 2.75) is 45.6 Å². The Labute approximate surface area is 158 Å². The fourth-order valence-electron chi connectivity index (χ4n) is 3.47. The SMILES string of the molecule is CC(C)CC(C(=O)Nc1nnc(C(F)F)s1)N1C(=O)C2CC=CCC2C1=O. The van der Waals surface area contributed by atoms with Crippen molar-refractivity contribution in [3.63, 3.8) is 0 Å². The van der Waals surface area contributed by atoms with E-state index >= 15 is 0 Å². The van der Waals surface area contributed by atoms with Crippen molar-refractivity contribution in [3.8, 4) is 0 Å². The number of nitrogens with zero attached hydrogens (tertiary/aromatic N) is 3. The third kappa shape index (κ3) is 3.90. The molecule has 1 aromatic heterocycles. The average molecular weight is 398 g/mol. The van der Waals surface area contributed by atoms with Crippen LogP contribution in [-0.2, 0) is 14.4 Å². The van der Waals surface area contributed by atoms with Gasteiger partial charge in [-0.15, -0.1) is 10.2 Å². The minimum atomic E-state index is -2.78. The van der Waals surface area contributed by atoms with Gasteiger partial charge in [-0.25, -0.2) is 8.78 Å². The number of fused-ring (bicyclic) bond motifs is 1. The lowest BCUT2D eigenvalue weighted by Gasteiger charge is -2.26. The molecule has 7 nitrogen and oxygen atoms in total. The second-order valence-corrected chi connectivity index (χ2v) is 8.09. The second-order valence-electron chi connectivity index (χ2n) is 7.08. The number of amides is 3. The van der Waals surface area contributed by atoms with Crippen molar-refractivity contribution in [3.05, 3.63) is 17.2 Å². The van der Waals surface area contributed by atoms with E-state index in [0.717, 1.165) is 4.90 Å². The van der Waals surface area contributed by atoms with E-state index in [1.165, 1.54) is 0 Å². The summed E-state index contributed by atoms with van der Waals surface area (Å²) >= 11 is 0.567. The Hall–Kier alpha value is -2.23. The van der Waals surface area contributed by atoms with Crippen molar-refractivity contribution in [1.82, 2.24) is 15.1 Å². The molecule has 3 atom stereocenters. The third-order valence-corrected chi connectivity index (χ3v) is 5.55. The molecule has 0 bridgehead atoms. The molecule has 1 aliphatic carbocycles. The Morgan fingerprint density at radius 2 is 1.81 bits per heavy atom. The van der Waals surface area contributed by atoms with Gasteiger partial charge in [0.1, 0.15) is 6.04 Å². The highest BCUT2D eigenvalue weighted by Gasteiger charge is 2.51. The first-order valence-corrected chi connectivity index (χ1v) is 9.55.